The lowest BCUT2D eigenvalue weighted by atomic mass is 10.2. The van der Waals surface area contributed by atoms with Gasteiger partial charge >= 0.3 is 21.5 Å². The van der Waals surface area contributed by atoms with E-state index in [1.807, 2.05) is 0 Å². The van der Waals surface area contributed by atoms with Crippen molar-refractivity contribution in [1.29, 1.82) is 0 Å². The Morgan fingerprint density at radius 1 is 1.28 bits per heavy atom. The summed E-state index contributed by atoms with van der Waals surface area (Å²) in [6.07, 6.45) is -6.38. The minimum Gasteiger partial charge on any atom is -0.409 e. The van der Waals surface area contributed by atoms with Gasteiger partial charge in [0.2, 0.25) is 0 Å². The molecule has 10 heteroatoms. The maximum absolute atomic E-state index is 12.5. The van der Waals surface area contributed by atoms with Gasteiger partial charge in [0.05, 0.1) is 5.56 Å². The van der Waals surface area contributed by atoms with Crippen molar-refractivity contribution in [3.8, 4) is 5.75 Å². The highest BCUT2D eigenvalue weighted by atomic mass is 35.7. The van der Waals surface area contributed by atoms with E-state index >= 15 is 0 Å². The van der Waals surface area contributed by atoms with Crippen LogP contribution < -0.4 is 9.46 Å². The number of hydrogen-bond donors (Lipinski definition) is 1. The van der Waals surface area contributed by atoms with E-state index in [0.717, 1.165) is 16.9 Å². The molecule has 0 radical (unpaired) electrons. The molecule has 100 valence electrons. The maximum Gasteiger partial charge on any atom is 0.427 e. The number of nitrogens with one attached hydrogen (secondary N) is 1. The zero-order chi connectivity index (χ0) is 14.0. The molecule has 1 rings (SSSR count). The fraction of sp³-hybridized carbons (Fsp3) is 0.125. The molecule has 1 N–H and O–H groups in total. The molecule has 0 fully saturated rings. The van der Waals surface area contributed by atoms with Crippen LogP contribution in [0.5, 0.6) is 5.75 Å². The average Bonchev–Trinajstić information content (AvgIpc) is 2.13. The smallest absolute Gasteiger partial charge is 0.409 e. The zero-order valence-electron chi connectivity index (χ0n) is 8.36. The van der Waals surface area contributed by atoms with Crippen LogP contribution in [0.25, 0.3) is 0 Å². The molecule has 0 heterocycles. The Kier molecular flexibility index (Phi) is 4.07. The van der Waals surface area contributed by atoms with Crippen molar-refractivity contribution in [2.24, 2.45) is 0 Å². The van der Waals surface area contributed by atoms with E-state index in [4.69, 9.17) is 0 Å². The number of hydrogen-bond acceptors (Lipinski definition) is 4. The molecule has 0 aromatic heterocycles. The predicted molar refractivity (Wildman–Crippen MR) is 55.4 cm³/mol. The minimum absolute atomic E-state index is 0.678. The van der Waals surface area contributed by atoms with Crippen LogP contribution in [-0.4, -0.2) is 14.5 Å². The Hall–Kier alpha value is -1.48. The SMILES string of the molecule is O=C(NS(=O)(=O)Cl)Oc1ccccc1C(F)(F)F. The zero-order valence-corrected chi connectivity index (χ0v) is 9.93. The Bertz CT molecular complexity index is 558. The van der Waals surface area contributed by atoms with Crippen molar-refractivity contribution in [1.82, 2.24) is 4.72 Å². The molecule has 1 aromatic carbocycles. The average molecular weight is 304 g/mol. The predicted octanol–water partition coefficient (Wildman–Crippen LogP) is 2.28. The molecule has 0 saturated heterocycles. The molecule has 1 aromatic rings. The van der Waals surface area contributed by atoms with Gasteiger partial charge in [0.15, 0.2) is 0 Å². The lowest BCUT2D eigenvalue weighted by Gasteiger charge is -2.11. The van der Waals surface area contributed by atoms with Crippen molar-refractivity contribution in [3.63, 3.8) is 0 Å². The lowest BCUT2D eigenvalue weighted by molar-refractivity contribution is -0.138. The van der Waals surface area contributed by atoms with Crippen molar-refractivity contribution >= 4 is 26.0 Å². The van der Waals surface area contributed by atoms with E-state index < -0.39 is 32.8 Å². The van der Waals surface area contributed by atoms with Gasteiger partial charge in [-0.2, -0.15) is 21.6 Å². The molecule has 0 aliphatic rings. The van der Waals surface area contributed by atoms with Crippen LogP contribution in [-0.2, 0) is 15.4 Å². The molecule has 0 saturated carbocycles. The van der Waals surface area contributed by atoms with Gasteiger partial charge in [0, 0.05) is 10.7 Å². The van der Waals surface area contributed by atoms with Gasteiger partial charge in [-0.25, -0.2) is 9.52 Å². The maximum atomic E-state index is 12.5. The van der Waals surface area contributed by atoms with Crippen LogP contribution in [0, 0.1) is 0 Å². The summed E-state index contributed by atoms with van der Waals surface area (Å²) in [5, 5.41) is 0. The number of para-hydroxylation sites is 1. The molecule has 0 atom stereocenters. The summed E-state index contributed by atoms with van der Waals surface area (Å²) >= 11 is 0. The van der Waals surface area contributed by atoms with Crippen LogP contribution >= 0.6 is 10.7 Å². The second kappa shape index (κ2) is 5.02. The van der Waals surface area contributed by atoms with E-state index in [1.54, 1.807) is 0 Å². The molecule has 5 nitrogen and oxygen atoms in total. The number of ether oxygens (including phenoxy) is 1. The third-order valence-corrected chi connectivity index (χ3v) is 2.24. The lowest BCUT2D eigenvalue weighted by Crippen LogP contribution is -2.30. The van der Waals surface area contributed by atoms with Gasteiger partial charge in [-0.3, -0.25) is 0 Å². The Labute approximate surface area is 104 Å². The van der Waals surface area contributed by atoms with E-state index in [9.17, 15) is 26.4 Å². The highest BCUT2D eigenvalue weighted by Crippen LogP contribution is 2.35. The summed E-state index contributed by atoms with van der Waals surface area (Å²) in [4.78, 5) is 10.9. The number of rotatable bonds is 2. The van der Waals surface area contributed by atoms with E-state index in [2.05, 4.69) is 15.4 Å². The Morgan fingerprint density at radius 2 is 1.83 bits per heavy atom. The van der Waals surface area contributed by atoms with Crippen molar-refractivity contribution in [3.05, 3.63) is 29.8 Å². The van der Waals surface area contributed by atoms with Gasteiger partial charge in [-0.15, -0.1) is 0 Å². The van der Waals surface area contributed by atoms with Gasteiger partial charge < -0.3 is 4.74 Å². The number of amides is 1. The molecule has 0 unspecified atom stereocenters. The number of benzene rings is 1. The molecule has 0 bridgehead atoms. The first-order valence-corrected chi connectivity index (χ1v) is 6.51. The summed E-state index contributed by atoms with van der Waals surface area (Å²) < 4.78 is 63.7. The standard InChI is InChI=1S/C8H5ClF3NO4S/c9-18(15,16)13-7(14)17-6-4-2-1-3-5(6)8(10,11)12/h1-4H,(H,13,14). The molecule has 0 aliphatic carbocycles. The van der Waals surface area contributed by atoms with Crippen LogP contribution in [0.3, 0.4) is 0 Å². The number of carbonyl (C=O) groups excluding carboxylic acids is 1. The third-order valence-electron chi connectivity index (χ3n) is 1.60. The Balaban J connectivity index is 2.96. The first-order chi connectivity index (χ1) is 8.09. The topological polar surface area (TPSA) is 72.5 Å². The molecule has 0 spiro atoms. The van der Waals surface area contributed by atoms with E-state index in [-0.39, 0.29) is 0 Å². The van der Waals surface area contributed by atoms with Crippen molar-refractivity contribution in [2.75, 3.05) is 0 Å². The fourth-order valence-corrected chi connectivity index (χ4v) is 1.44. The molecule has 18 heavy (non-hydrogen) atoms. The fourth-order valence-electron chi connectivity index (χ4n) is 1.01. The Morgan fingerprint density at radius 3 is 2.33 bits per heavy atom. The molecule has 1 amide bonds. The minimum atomic E-state index is -4.74. The summed E-state index contributed by atoms with van der Waals surface area (Å²) in [7, 11) is 0.237. The van der Waals surface area contributed by atoms with E-state index in [0.29, 0.717) is 6.07 Å². The summed E-state index contributed by atoms with van der Waals surface area (Å²) in [5.74, 6) is -0.831. The summed E-state index contributed by atoms with van der Waals surface area (Å²) in [6, 6.07) is 3.82. The second-order valence-electron chi connectivity index (χ2n) is 2.92. The van der Waals surface area contributed by atoms with Crippen molar-refractivity contribution < 1.29 is 31.1 Å². The third kappa shape index (κ3) is 4.41. The van der Waals surface area contributed by atoms with Gasteiger partial charge in [0.25, 0.3) is 0 Å². The highest BCUT2D eigenvalue weighted by Gasteiger charge is 2.34. The first kappa shape index (κ1) is 14.6. The van der Waals surface area contributed by atoms with Crippen molar-refractivity contribution in [2.45, 2.75) is 6.18 Å². The first-order valence-electron chi connectivity index (χ1n) is 4.20. The second-order valence-corrected chi connectivity index (χ2v) is 5.22. The number of alkyl halides is 3. The van der Waals surface area contributed by atoms with Gasteiger partial charge in [0.1, 0.15) is 5.75 Å². The van der Waals surface area contributed by atoms with Crippen LogP contribution in [0.4, 0.5) is 18.0 Å². The molecular weight excluding hydrogens is 299 g/mol. The number of carbonyl (C=O) groups is 1. The normalized spacial score (nSPS) is 12.0. The van der Waals surface area contributed by atoms with Gasteiger partial charge in [-0.05, 0) is 12.1 Å². The van der Waals surface area contributed by atoms with Crippen LogP contribution in [0.15, 0.2) is 24.3 Å². The van der Waals surface area contributed by atoms with E-state index in [1.165, 1.54) is 6.07 Å². The summed E-state index contributed by atoms with van der Waals surface area (Å²) in [6.45, 7) is 0. The quantitative estimate of drug-likeness (QED) is 0.851. The monoisotopic (exact) mass is 303 g/mol. The van der Waals surface area contributed by atoms with Gasteiger partial charge in [-0.1, -0.05) is 12.1 Å². The van der Waals surface area contributed by atoms with Crippen LogP contribution in [0.1, 0.15) is 5.56 Å². The molecular formula is C8H5ClF3NO4S. The largest absolute Gasteiger partial charge is 0.427 e. The molecule has 0 aliphatic heterocycles. The summed E-state index contributed by atoms with van der Waals surface area (Å²) in [5.41, 5.74) is -1.22. The van der Waals surface area contributed by atoms with Crippen LogP contribution in [0.2, 0.25) is 0 Å². The highest BCUT2D eigenvalue weighted by molar-refractivity contribution is 8.12. The number of halogens is 4.